The molecule has 0 aliphatic heterocycles. The first kappa shape index (κ1) is 15.1. The van der Waals surface area contributed by atoms with Gasteiger partial charge < -0.3 is 5.11 Å². The highest BCUT2D eigenvalue weighted by Gasteiger charge is 2.20. The van der Waals surface area contributed by atoms with Crippen molar-refractivity contribution in [1.29, 1.82) is 0 Å². The average molecular weight is 308 g/mol. The fourth-order valence-corrected chi connectivity index (χ4v) is 2.23. The summed E-state index contributed by atoms with van der Waals surface area (Å²) in [4.78, 5) is 16.3. The van der Waals surface area contributed by atoms with Crippen molar-refractivity contribution in [2.45, 2.75) is 6.92 Å². The third kappa shape index (κ3) is 3.42. The Morgan fingerprint density at radius 3 is 2.95 bits per heavy atom. The Morgan fingerprint density at radius 2 is 2.24 bits per heavy atom. The van der Waals surface area contributed by atoms with Gasteiger partial charge in [-0.25, -0.2) is 13.8 Å². The largest absolute Gasteiger partial charge is 0.384 e. The van der Waals surface area contributed by atoms with Crippen molar-refractivity contribution >= 4 is 22.4 Å². The van der Waals surface area contributed by atoms with E-state index in [0.717, 1.165) is 17.4 Å². The van der Waals surface area contributed by atoms with E-state index >= 15 is 0 Å². The number of aliphatic hydroxyl groups is 1. The third-order valence-corrected chi connectivity index (χ3v) is 3.36. The SMILES string of the molecule is Cc1ccc(F)c(C(=O)Nc2ncc(C#CCO)s2)c1F. The Hall–Kier alpha value is -2.30. The van der Waals surface area contributed by atoms with Gasteiger partial charge in [-0.2, -0.15) is 0 Å². The molecule has 0 saturated heterocycles. The molecule has 1 heterocycles. The Morgan fingerprint density at radius 1 is 1.48 bits per heavy atom. The van der Waals surface area contributed by atoms with Gasteiger partial charge >= 0.3 is 0 Å². The average Bonchev–Trinajstić information content (AvgIpc) is 2.88. The minimum atomic E-state index is -0.938. The second-order valence-corrected chi connectivity index (χ2v) is 5.03. The van der Waals surface area contributed by atoms with Crippen LogP contribution in [0, 0.1) is 30.4 Å². The lowest BCUT2D eigenvalue weighted by Gasteiger charge is -2.06. The van der Waals surface area contributed by atoms with Crippen LogP contribution in [0.2, 0.25) is 0 Å². The molecule has 2 rings (SSSR count). The van der Waals surface area contributed by atoms with Crippen LogP contribution in [0.15, 0.2) is 18.3 Å². The number of anilines is 1. The summed E-state index contributed by atoms with van der Waals surface area (Å²) in [5, 5.41) is 11.1. The molecule has 1 aromatic carbocycles. The molecule has 0 saturated carbocycles. The highest BCUT2D eigenvalue weighted by atomic mass is 32.1. The van der Waals surface area contributed by atoms with E-state index in [1.165, 1.54) is 19.2 Å². The molecule has 0 bridgehead atoms. The van der Waals surface area contributed by atoms with Gasteiger partial charge in [0.15, 0.2) is 5.13 Å². The molecule has 2 N–H and O–H groups in total. The van der Waals surface area contributed by atoms with Crippen LogP contribution in [0.25, 0.3) is 0 Å². The van der Waals surface area contributed by atoms with E-state index in [1.54, 1.807) is 0 Å². The van der Waals surface area contributed by atoms with Gasteiger partial charge in [0.2, 0.25) is 0 Å². The lowest BCUT2D eigenvalue weighted by atomic mass is 10.1. The number of aliphatic hydroxyl groups excluding tert-OH is 1. The number of hydrogen-bond acceptors (Lipinski definition) is 4. The number of nitrogens with one attached hydrogen (secondary N) is 1. The minimum Gasteiger partial charge on any atom is -0.384 e. The maximum atomic E-state index is 13.8. The molecular weight excluding hydrogens is 298 g/mol. The molecule has 4 nitrogen and oxygen atoms in total. The summed E-state index contributed by atoms with van der Waals surface area (Å²) in [6, 6.07) is 2.29. The maximum absolute atomic E-state index is 13.8. The van der Waals surface area contributed by atoms with Gasteiger partial charge in [-0.05, 0) is 18.6 Å². The predicted molar refractivity (Wildman–Crippen MR) is 75.1 cm³/mol. The number of rotatable bonds is 2. The first-order chi connectivity index (χ1) is 10.0. The van der Waals surface area contributed by atoms with Crippen molar-refractivity contribution in [2.75, 3.05) is 11.9 Å². The van der Waals surface area contributed by atoms with E-state index in [-0.39, 0.29) is 17.3 Å². The molecule has 2 aromatic rings. The van der Waals surface area contributed by atoms with Crippen LogP contribution in [0.3, 0.4) is 0 Å². The molecule has 1 amide bonds. The Labute approximate surface area is 123 Å². The highest BCUT2D eigenvalue weighted by molar-refractivity contribution is 7.16. The number of aromatic nitrogens is 1. The number of carbonyl (C=O) groups is 1. The van der Waals surface area contributed by atoms with Crippen molar-refractivity contribution in [1.82, 2.24) is 4.98 Å². The Bertz CT molecular complexity index is 747. The smallest absolute Gasteiger partial charge is 0.263 e. The van der Waals surface area contributed by atoms with E-state index < -0.39 is 23.1 Å². The van der Waals surface area contributed by atoms with E-state index in [1.807, 2.05) is 0 Å². The van der Waals surface area contributed by atoms with Crippen LogP contribution in [0.5, 0.6) is 0 Å². The number of halogens is 2. The summed E-state index contributed by atoms with van der Waals surface area (Å²) in [5.41, 5.74) is -0.469. The standard InChI is InChI=1S/C14H10F2N2O2S/c1-8-4-5-10(15)11(12(8)16)13(20)18-14-17-7-9(21-14)3-2-6-19/h4-5,7,19H,6H2,1H3,(H,17,18,20). The Kier molecular flexibility index (Phi) is 4.62. The Balaban J connectivity index is 2.23. The quantitative estimate of drug-likeness (QED) is 0.837. The second kappa shape index (κ2) is 6.43. The van der Waals surface area contributed by atoms with Crippen LogP contribution in [0.4, 0.5) is 13.9 Å². The zero-order valence-corrected chi connectivity index (χ0v) is 11.7. The summed E-state index contributed by atoms with van der Waals surface area (Å²) < 4.78 is 27.4. The van der Waals surface area contributed by atoms with Crippen molar-refractivity contribution in [3.05, 3.63) is 46.0 Å². The van der Waals surface area contributed by atoms with Gasteiger partial charge in [0, 0.05) is 0 Å². The van der Waals surface area contributed by atoms with E-state index in [0.29, 0.717) is 4.88 Å². The first-order valence-corrected chi connectivity index (χ1v) is 6.66. The number of benzene rings is 1. The zero-order chi connectivity index (χ0) is 15.4. The molecule has 0 fully saturated rings. The van der Waals surface area contributed by atoms with Crippen LogP contribution in [0.1, 0.15) is 20.8 Å². The molecule has 108 valence electrons. The molecule has 0 spiro atoms. The van der Waals surface area contributed by atoms with Crippen LogP contribution in [-0.2, 0) is 0 Å². The molecule has 7 heteroatoms. The van der Waals surface area contributed by atoms with Crippen molar-refractivity contribution in [3.8, 4) is 11.8 Å². The van der Waals surface area contributed by atoms with Gasteiger partial charge in [-0.3, -0.25) is 10.1 Å². The monoisotopic (exact) mass is 308 g/mol. The zero-order valence-electron chi connectivity index (χ0n) is 10.9. The van der Waals surface area contributed by atoms with Crippen molar-refractivity contribution in [3.63, 3.8) is 0 Å². The minimum absolute atomic E-state index is 0.169. The maximum Gasteiger partial charge on any atom is 0.263 e. The molecule has 0 radical (unpaired) electrons. The van der Waals surface area contributed by atoms with E-state index in [9.17, 15) is 13.6 Å². The summed E-state index contributed by atoms with van der Waals surface area (Å²) in [6.07, 6.45) is 1.39. The normalized spacial score (nSPS) is 9.90. The first-order valence-electron chi connectivity index (χ1n) is 5.84. The fourth-order valence-electron chi connectivity index (χ4n) is 1.54. The number of amides is 1. The molecule has 21 heavy (non-hydrogen) atoms. The number of aryl methyl sites for hydroxylation is 1. The molecule has 1 aromatic heterocycles. The van der Waals surface area contributed by atoms with Crippen LogP contribution >= 0.6 is 11.3 Å². The van der Waals surface area contributed by atoms with Gasteiger partial charge in [0.1, 0.15) is 23.8 Å². The van der Waals surface area contributed by atoms with Gasteiger partial charge in [-0.15, -0.1) is 0 Å². The van der Waals surface area contributed by atoms with Gasteiger partial charge in [0.05, 0.1) is 11.1 Å². The summed E-state index contributed by atoms with van der Waals surface area (Å²) in [5.74, 6) is 2.30. The van der Waals surface area contributed by atoms with Crippen molar-refractivity contribution in [2.24, 2.45) is 0 Å². The highest BCUT2D eigenvalue weighted by Crippen LogP contribution is 2.21. The molecule has 0 unspecified atom stereocenters. The summed E-state index contributed by atoms with van der Waals surface area (Å²) in [6.45, 7) is 1.15. The van der Waals surface area contributed by atoms with Gasteiger partial charge in [0.25, 0.3) is 5.91 Å². The fraction of sp³-hybridized carbons (Fsp3) is 0.143. The number of carbonyl (C=O) groups excluding carboxylic acids is 1. The lowest BCUT2D eigenvalue weighted by Crippen LogP contribution is -2.16. The number of nitrogens with zero attached hydrogens (tertiary/aromatic N) is 1. The summed E-state index contributed by atoms with van der Waals surface area (Å²) in [7, 11) is 0. The van der Waals surface area contributed by atoms with Crippen molar-refractivity contribution < 1.29 is 18.7 Å². The molecule has 0 aliphatic carbocycles. The van der Waals surface area contributed by atoms with Gasteiger partial charge in [-0.1, -0.05) is 29.2 Å². The molecule has 0 aliphatic rings. The van der Waals surface area contributed by atoms with Crippen LogP contribution in [-0.4, -0.2) is 22.6 Å². The molecular formula is C14H10F2N2O2S. The second-order valence-electron chi connectivity index (χ2n) is 4.00. The number of hydrogen-bond donors (Lipinski definition) is 2. The predicted octanol–water partition coefficient (Wildman–Crippen LogP) is 2.33. The van der Waals surface area contributed by atoms with E-state index in [4.69, 9.17) is 5.11 Å². The topological polar surface area (TPSA) is 62.2 Å². The van der Waals surface area contributed by atoms with E-state index in [2.05, 4.69) is 22.1 Å². The van der Waals surface area contributed by atoms with Crippen LogP contribution < -0.4 is 5.32 Å². The molecule has 0 atom stereocenters. The number of thiazole rings is 1. The third-order valence-electron chi connectivity index (χ3n) is 2.53. The summed E-state index contributed by atoms with van der Waals surface area (Å²) >= 11 is 1.04. The lowest BCUT2D eigenvalue weighted by molar-refractivity contribution is 0.101.